The Labute approximate surface area is 107 Å². The molecule has 0 aliphatic carbocycles. The summed E-state index contributed by atoms with van der Waals surface area (Å²) in [5, 5.41) is 0. The van der Waals surface area contributed by atoms with Gasteiger partial charge < -0.3 is 14.2 Å². The highest BCUT2D eigenvalue weighted by Gasteiger charge is 2.69. The highest BCUT2D eigenvalue weighted by Crippen LogP contribution is 2.48. The quantitative estimate of drug-likeness (QED) is 0.591. The summed E-state index contributed by atoms with van der Waals surface area (Å²) in [4.78, 5) is 11.5. The average molecular weight is 250 g/mol. The van der Waals surface area contributed by atoms with Crippen molar-refractivity contribution < 1.29 is 19.0 Å². The number of epoxide rings is 1. The maximum Gasteiger partial charge on any atom is 0.341 e. The lowest BCUT2D eigenvalue weighted by molar-refractivity contribution is -0.146. The van der Waals surface area contributed by atoms with Crippen LogP contribution in [-0.4, -0.2) is 30.9 Å². The molecular formula is C14H18O4. The Morgan fingerprint density at radius 1 is 1.28 bits per heavy atom. The van der Waals surface area contributed by atoms with Crippen LogP contribution < -0.4 is 0 Å². The number of benzene rings is 1. The molecule has 1 aliphatic rings. The number of ether oxygens (including phenoxy) is 3. The van der Waals surface area contributed by atoms with E-state index in [0.717, 1.165) is 5.56 Å². The zero-order valence-electron chi connectivity index (χ0n) is 10.9. The van der Waals surface area contributed by atoms with Gasteiger partial charge in [-0.1, -0.05) is 30.3 Å². The summed E-state index contributed by atoms with van der Waals surface area (Å²) < 4.78 is 15.8. The van der Waals surface area contributed by atoms with Crippen LogP contribution in [0.4, 0.5) is 0 Å². The molecule has 1 aliphatic heterocycles. The first-order valence-electron chi connectivity index (χ1n) is 5.92. The summed E-state index contributed by atoms with van der Waals surface area (Å²) in [5.41, 5.74) is -0.366. The number of hydrogen-bond donors (Lipinski definition) is 0. The molecule has 4 nitrogen and oxygen atoms in total. The van der Waals surface area contributed by atoms with Crippen molar-refractivity contribution in [2.24, 2.45) is 0 Å². The fourth-order valence-electron chi connectivity index (χ4n) is 1.98. The predicted molar refractivity (Wildman–Crippen MR) is 66.0 cm³/mol. The van der Waals surface area contributed by atoms with E-state index in [1.807, 2.05) is 37.3 Å². The van der Waals surface area contributed by atoms with E-state index in [0.29, 0.717) is 13.2 Å². The standard InChI is InChI=1S/C14H18O4/c1-13(14(2,18-13)12(15)16-3)10-17-9-11-7-5-4-6-8-11/h4-8H,9-10H2,1-3H3. The SMILES string of the molecule is COC(=O)C1(C)OC1(C)COCc1ccccc1. The van der Waals surface area contributed by atoms with E-state index < -0.39 is 11.2 Å². The van der Waals surface area contributed by atoms with E-state index in [9.17, 15) is 4.79 Å². The fourth-order valence-corrected chi connectivity index (χ4v) is 1.98. The average Bonchev–Trinajstić information content (AvgIpc) is 2.93. The van der Waals surface area contributed by atoms with Gasteiger partial charge in [-0.25, -0.2) is 4.79 Å². The first-order valence-corrected chi connectivity index (χ1v) is 5.92. The van der Waals surface area contributed by atoms with E-state index in [-0.39, 0.29) is 5.97 Å². The van der Waals surface area contributed by atoms with Crippen LogP contribution in [0.25, 0.3) is 0 Å². The summed E-state index contributed by atoms with van der Waals surface area (Å²) in [6.07, 6.45) is 0. The molecule has 0 aromatic heterocycles. The summed E-state index contributed by atoms with van der Waals surface area (Å²) in [6, 6.07) is 9.88. The van der Waals surface area contributed by atoms with Gasteiger partial charge >= 0.3 is 5.97 Å². The minimum absolute atomic E-state index is 0.353. The molecule has 0 amide bonds. The van der Waals surface area contributed by atoms with Crippen LogP contribution in [0.2, 0.25) is 0 Å². The maximum atomic E-state index is 11.5. The molecule has 0 spiro atoms. The highest BCUT2D eigenvalue weighted by atomic mass is 16.7. The van der Waals surface area contributed by atoms with Crippen LogP contribution in [-0.2, 0) is 25.6 Å². The lowest BCUT2D eigenvalue weighted by Crippen LogP contribution is -2.33. The van der Waals surface area contributed by atoms with Crippen LogP contribution in [0.15, 0.2) is 30.3 Å². The molecule has 1 aromatic carbocycles. The largest absolute Gasteiger partial charge is 0.467 e. The molecule has 1 aromatic rings. The minimum Gasteiger partial charge on any atom is -0.467 e. The molecule has 1 fully saturated rings. The van der Waals surface area contributed by atoms with Crippen LogP contribution >= 0.6 is 0 Å². The molecule has 0 N–H and O–H groups in total. The zero-order valence-corrected chi connectivity index (χ0v) is 10.9. The Morgan fingerprint density at radius 3 is 2.56 bits per heavy atom. The zero-order chi connectivity index (χ0) is 13.2. The lowest BCUT2D eigenvalue weighted by Gasteiger charge is -2.11. The van der Waals surface area contributed by atoms with Crippen molar-refractivity contribution in [3.8, 4) is 0 Å². The first-order chi connectivity index (χ1) is 8.52. The van der Waals surface area contributed by atoms with E-state index in [1.54, 1.807) is 6.92 Å². The van der Waals surface area contributed by atoms with Gasteiger partial charge in [-0.2, -0.15) is 0 Å². The molecule has 1 saturated heterocycles. The third kappa shape index (κ3) is 2.26. The van der Waals surface area contributed by atoms with Crippen LogP contribution in [0, 0.1) is 0 Å². The monoisotopic (exact) mass is 250 g/mol. The van der Waals surface area contributed by atoms with Gasteiger partial charge in [0, 0.05) is 0 Å². The Balaban J connectivity index is 1.84. The van der Waals surface area contributed by atoms with E-state index in [1.165, 1.54) is 7.11 Å². The number of rotatable bonds is 5. The third-order valence-electron chi connectivity index (χ3n) is 3.46. The van der Waals surface area contributed by atoms with E-state index in [2.05, 4.69) is 0 Å². The van der Waals surface area contributed by atoms with Gasteiger partial charge in [0.15, 0.2) is 5.60 Å². The number of esters is 1. The second-order valence-electron chi connectivity index (χ2n) is 4.84. The van der Waals surface area contributed by atoms with Crippen LogP contribution in [0.1, 0.15) is 19.4 Å². The Kier molecular flexibility index (Phi) is 3.41. The minimum atomic E-state index is -0.877. The Hall–Kier alpha value is -1.39. The van der Waals surface area contributed by atoms with Crippen molar-refractivity contribution in [3.63, 3.8) is 0 Å². The van der Waals surface area contributed by atoms with Gasteiger partial charge in [0.05, 0.1) is 20.3 Å². The van der Waals surface area contributed by atoms with Crippen molar-refractivity contribution >= 4 is 5.97 Å². The number of methoxy groups -OCH3 is 1. The number of hydrogen-bond acceptors (Lipinski definition) is 4. The fraction of sp³-hybridized carbons (Fsp3) is 0.500. The maximum absolute atomic E-state index is 11.5. The molecule has 18 heavy (non-hydrogen) atoms. The molecule has 0 saturated carbocycles. The smallest absolute Gasteiger partial charge is 0.341 e. The summed E-state index contributed by atoms with van der Waals surface area (Å²) >= 11 is 0. The van der Waals surface area contributed by atoms with Crippen molar-refractivity contribution in [2.75, 3.05) is 13.7 Å². The van der Waals surface area contributed by atoms with Crippen LogP contribution in [0.5, 0.6) is 0 Å². The molecule has 0 bridgehead atoms. The van der Waals surface area contributed by atoms with Gasteiger partial charge in [-0.15, -0.1) is 0 Å². The molecule has 2 atom stereocenters. The molecule has 4 heteroatoms. The number of carbonyl (C=O) groups is 1. The Morgan fingerprint density at radius 2 is 1.94 bits per heavy atom. The molecule has 2 unspecified atom stereocenters. The first kappa shape index (κ1) is 13.1. The van der Waals surface area contributed by atoms with Gasteiger partial charge in [0.2, 0.25) is 0 Å². The molecule has 2 rings (SSSR count). The van der Waals surface area contributed by atoms with Gasteiger partial charge in [0.1, 0.15) is 5.60 Å². The Bertz CT molecular complexity index is 431. The van der Waals surface area contributed by atoms with Gasteiger partial charge in [-0.3, -0.25) is 0 Å². The summed E-state index contributed by atoms with van der Waals surface area (Å²) in [6.45, 7) is 4.46. The van der Waals surface area contributed by atoms with E-state index >= 15 is 0 Å². The van der Waals surface area contributed by atoms with Crippen molar-refractivity contribution in [2.45, 2.75) is 31.7 Å². The molecular weight excluding hydrogens is 232 g/mol. The summed E-state index contributed by atoms with van der Waals surface area (Å²) in [5.74, 6) is -0.353. The number of carbonyl (C=O) groups excluding carboxylic acids is 1. The second-order valence-corrected chi connectivity index (χ2v) is 4.84. The molecule has 98 valence electrons. The second kappa shape index (κ2) is 4.71. The lowest BCUT2D eigenvalue weighted by atomic mass is 9.97. The normalized spacial score (nSPS) is 29.9. The molecule has 0 radical (unpaired) electrons. The predicted octanol–water partition coefficient (Wildman–Crippen LogP) is 1.92. The topological polar surface area (TPSA) is 48.1 Å². The summed E-state index contributed by atoms with van der Waals surface area (Å²) in [7, 11) is 1.36. The van der Waals surface area contributed by atoms with Gasteiger partial charge in [-0.05, 0) is 19.4 Å². The van der Waals surface area contributed by atoms with Crippen molar-refractivity contribution in [1.29, 1.82) is 0 Å². The van der Waals surface area contributed by atoms with Gasteiger partial charge in [0.25, 0.3) is 0 Å². The highest BCUT2D eigenvalue weighted by molar-refractivity contribution is 5.84. The van der Waals surface area contributed by atoms with Crippen molar-refractivity contribution in [3.05, 3.63) is 35.9 Å². The van der Waals surface area contributed by atoms with Crippen molar-refractivity contribution in [1.82, 2.24) is 0 Å². The third-order valence-corrected chi connectivity index (χ3v) is 3.46. The molecule has 1 heterocycles. The van der Waals surface area contributed by atoms with E-state index in [4.69, 9.17) is 14.2 Å². The van der Waals surface area contributed by atoms with Crippen LogP contribution in [0.3, 0.4) is 0 Å².